The van der Waals surface area contributed by atoms with E-state index in [1.54, 1.807) is 13.0 Å². The van der Waals surface area contributed by atoms with Crippen LogP contribution in [0.3, 0.4) is 0 Å². The zero-order chi connectivity index (χ0) is 12.0. The number of hydrogen-bond donors (Lipinski definition) is 2. The monoisotopic (exact) mass is 226 g/mol. The SMILES string of the molecule is CCOC(=O)C=C[C@@H](N)C[C@@H]1CCNC1=O. The Balaban J connectivity index is 2.32. The standard InChI is InChI=1S/C11H18N2O3/c1-2-16-10(14)4-3-9(12)7-8-5-6-13-11(8)15/h3-4,8-9H,2,5-7,12H2,1H3,(H,13,15)/t8-,9+/m0/s1. The van der Waals surface area contributed by atoms with Gasteiger partial charge in [0.1, 0.15) is 0 Å². The van der Waals surface area contributed by atoms with E-state index in [0.717, 1.165) is 13.0 Å². The van der Waals surface area contributed by atoms with Crippen molar-refractivity contribution in [3.8, 4) is 0 Å². The van der Waals surface area contributed by atoms with E-state index in [-0.39, 0.29) is 17.9 Å². The number of amides is 1. The maximum absolute atomic E-state index is 11.3. The molecule has 1 heterocycles. The Bertz CT molecular complexity index is 289. The molecule has 90 valence electrons. The Morgan fingerprint density at radius 1 is 1.75 bits per heavy atom. The van der Waals surface area contributed by atoms with E-state index in [4.69, 9.17) is 10.5 Å². The van der Waals surface area contributed by atoms with Gasteiger partial charge in [0.05, 0.1) is 6.61 Å². The molecule has 0 unspecified atom stereocenters. The molecule has 1 fully saturated rings. The molecule has 5 heteroatoms. The molecule has 0 saturated carbocycles. The fraction of sp³-hybridized carbons (Fsp3) is 0.636. The number of ether oxygens (including phenoxy) is 1. The summed E-state index contributed by atoms with van der Waals surface area (Å²) < 4.78 is 4.72. The molecular weight excluding hydrogens is 208 g/mol. The molecule has 1 saturated heterocycles. The molecule has 0 spiro atoms. The average molecular weight is 226 g/mol. The van der Waals surface area contributed by atoms with Gasteiger partial charge in [0.2, 0.25) is 5.91 Å². The molecule has 16 heavy (non-hydrogen) atoms. The zero-order valence-corrected chi connectivity index (χ0v) is 9.44. The van der Waals surface area contributed by atoms with Crippen molar-refractivity contribution in [1.82, 2.24) is 5.32 Å². The second-order valence-corrected chi connectivity index (χ2v) is 3.79. The highest BCUT2D eigenvalue weighted by atomic mass is 16.5. The lowest BCUT2D eigenvalue weighted by molar-refractivity contribution is -0.137. The Morgan fingerprint density at radius 2 is 2.50 bits per heavy atom. The molecule has 1 aliphatic heterocycles. The molecule has 3 N–H and O–H groups in total. The molecule has 1 rings (SSSR count). The van der Waals surface area contributed by atoms with Gasteiger partial charge in [0.25, 0.3) is 0 Å². The zero-order valence-electron chi connectivity index (χ0n) is 9.44. The van der Waals surface area contributed by atoms with Gasteiger partial charge in [-0.3, -0.25) is 4.79 Å². The van der Waals surface area contributed by atoms with Gasteiger partial charge in [-0.05, 0) is 19.8 Å². The number of hydrogen-bond acceptors (Lipinski definition) is 4. The van der Waals surface area contributed by atoms with Crippen LogP contribution in [0.4, 0.5) is 0 Å². The smallest absolute Gasteiger partial charge is 0.330 e. The van der Waals surface area contributed by atoms with Crippen LogP contribution >= 0.6 is 0 Å². The molecule has 0 aliphatic carbocycles. The molecule has 2 atom stereocenters. The van der Waals surface area contributed by atoms with Crippen LogP contribution < -0.4 is 11.1 Å². The number of rotatable bonds is 5. The molecule has 0 aromatic carbocycles. The van der Waals surface area contributed by atoms with Crippen LogP contribution in [0.1, 0.15) is 19.8 Å². The van der Waals surface area contributed by atoms with Gasteiger partial charge in [-0.2, -0.15) is 0 Å². The molecule has 0 aromatic rings. The maximum atomic E-state index is 11.3. The average Bonchev–Trinajstić information content (AvgIpc) is 2.62. The predicted octanol–water partition coefficient (Wildman–Crippen LogP) is -0.0408. The van der Waals surface area contributed by atoms with E-state index in [1.807, 2.05) is 0 Å². The number of nitrogens with one attached hydrogen (secondary N) is 1. The summed E-state index contributed by atoms with van der Waals surface area (Å²) in [7, 11) is 0. The minimum absolute atomic E-state index is 0.0261. The quantitative estimate of drug-likeness (QED) is 0.509. The topological polar surface area (TPSA) is 81.4 Å². The highest BCUT2D eigenvalue weighted by molar-refractivity contribution is 5.82. The molecule has 0 bridgehead atoms. The second-order valence-electron chi connectivity index (χ2n) is 3.79. The van der Waals surface area contributed by atoms with Crippen molar-refractivity contribution in [2.45, 2.75) is 25.8 Å². The highest BCUT2D eigenvalue weighted by Crippen LogP contribution is 2.15. The minimum Gasteiger partial charge on any atom is -0.463 e. The number of carbonyl (C=O) groups excluding carboxylic acids is 2. The Kier molecular flexibility index (Phi) is 4.98. The summed E-state index contributed by atoms with van der Waals surface area (Å²) >= 11 is 0. The van der Waals surface area contributed by atoms with Crippen LogP contribution in [-0.4, -0.2) is 31.1 Å². The summed E-state index contributed by atoms with van der Waals surface area (Å²) in [5.41, 5.74) is 5.79. The summed E-state index contributed by atoms with van der Waals surface area (Å²) in [6.45, 7) is 2.82. The van der Waals surface area contributed by atoms with E-state index < -0.39 is 5.97 Å². The van der Waals surface area contributed by atoms with Gasteiger partial charge in [-0.15, -0.1) is 0 Å². The van der Waals surface area contributed by atoms with Crippen molar-refractivity contribution in [2.75, 3.05) is 13.2 Å². The third-order valence-electron chi connectivity index (χ3n) is 2.49. The summed E-state index contributed by atoms with van der Waals surface area (Å²) in [6.07, 6.45) is 4.30. The Morgan fingerprint density at radius 3 is 3.06 bits per heavy atom. The number of esters is 1. The van der Waals surface area contributed by atoms with E-state index >= 15 is 0 Å². The van der Waals surface area contributed by atoms with Crippen LogP contribution in [0.2, 0.25) is 0 Å². The van der Waals surface area contributed by atoms with Crippen molar-refractivity contribution in [2.24, 2.45) is 11.7 Å². The molecular formula is C11H18N2O3. The van der Waals surface area contributed by atoms with Crippen LogP contribution in [0.25, 0.3) is 0 Å². The molecule has 1 aliphatic rings. The van der Waals surface area contributed by atoms with Crippen molar-refractivity contribution < 1.29 is 14.3 Å². The van der Waals surface area contributed by atoms with Gasteiger partial charge in [0.15, 0.2) is 0 Å². The van der Waals surface area contributed by atoms with Gasteiger partial charge < -0.3 is 15.8 Å². The fourth-order valence-corrected chi connectivity index (χ4v) is 1.67. The van der Waals surface area contributed by atoms with Crippen LogP contribution in [0, 0.1) is 5.92 Å². The predicted molar refractivity (Wildman–Crippen MR) is 59.5 cm³/mol. The van der Waals surface area contributed by atoms with Gasteiger partial charge in [-0.1, -0.05) is 6.08 Å². The second kappa shape index (κ2) is 6.27. The lowest BCUT2D eigenvalue weighted by atomic mass is 9.99. The first-order valence-corrected chi connectivity index (χ1v) is 5.51. The minimum atomic E-state index is -0.395. The normalized spacial score (nSPS) is 22.1. The van der Waals surface area contributed by atoms with Gasteiger partial charge in [-0.25, -0.2) is 4.79 Å². The van der Waals surface area contributed by atoms with E-state index in [0.29, 0.717) is 13.0 Å². The highest BCUT2D eigenvalue weighted by Gasteiger charge is 2.25. The Hall–Kier alpha value is -1.36. The first-order valence-electron chi connectivity index (χ1n) is 5.51. The van der Waals surface area contributed by atoms with Crippen LogP contribution in [0.5, 0.6) is 0 Å². The first-order chi connectivity index (χ1) is 7.63. The van der Waals surface area contributed by atoms with Gasteiger partial charge >= 0.3 is 5.97 Å². The van der Waals surface area contributed by atoms with Gasteiger partial charge in [0, 0.05) is 24.6 Å². The van der Waals surface area contributed by atoms with Crippen LogP contribution in [0.15, 0.2) is 12.2 Å². The molecule has 5 nitrogen and oxygen atoms in total. The summed E-state index contributed by atoms with van der Waals surface area (Å²) in [5.74, 6) is -0.365. The molecule has 0 radical (unpaired) electrons. The van der Waals surface area contributed by atoms with Crippen molar-refractivity contribution in [3.05, 3.63) is 12.2 Å². The fourth-order valence-electron chi connectivity index (χ4n) is 1.67. The molecule has 1 amide bonds. The maximum Gasteiger partial charge on any atom is 0.330 e. The van der Waals surface area contributed by atoms with Crippen molar-refractivity contribution in [3.63, 3.8) is 0 Å². The lowest BCUT2D eigenvalue weighted by Gasteiger charge is -2.10. The summed E-state index contributed by atoms with van der Waals surface area (Å²) in [6, 6.07) is -0.279. The third kappa shape index (κ3) is 4.02. The van der Waals surface area contributed by atoms with Crippen molar-refractivity contribution >= 4 is 11.9 Å². The summed E-state index contributed by atoms with van der Waals surface area (Å²) in [5, 5.41) is 2.75. The number of nitrogens with two attached hydrogens (primary N) is 1. The van der Waals surface area contributed by atoms with E-state index in [9.17, 15) is 9.59 Å². The first kappa shape index (κ1) is 12.7. The third-order valence-corrected chi connectivity index (χ3v) is 2.49. The largest absolute Gasteiger partial charge is 0.463 e. The lowest BCUT2D eigenvalue weighted by Crippen LogP contribution is -2.26. The summed E-state index contributed by atoms with van der Waals surface area (Å²) in [4.78, 5) is 22.3. The van der Waals surface area contributed by atoms with Crippen molar-refractivity contribution in [1.29, 1.82) is 0 Å². The number of carbonyl (C=O) groups is 2. The van der Waals surface area contributed by atoms with E-state index in [1.165, 1.54) is 6.08 Å². The van der Waals surface area contributed by atoms with E-state index in [2.05, 4.69) is 5.32 Å². The Labute approximate surface area is 95.0 Å². The van der Waals surface area contributed by atoms with Crippen LogP contribution in [-0.2, 0) is 14.3 Å². The molecule has 0 aromatic heterocycles.